The molecule has 1 amide bonds. The van der Waals surface area contributed by atoms with Gasteiger partial charge in [0.15, 0.2) is 0 Å². The van der Waals surface area contributed by atoms with Crippen LogP contribution in [0.3, 0.4) is 0 Å². The van der Waals surface area contributed by atoms with E-state index in [9.17, 15) is 23.3 Å². The molecule has 8 nitrogen and oxygen atoms in total. The smallest absolute Gasteiger partial charge is 0.289 e. The van der Waals surface area contributed by atoms with Gasteiger partial charge >= 0.3 is 0 Å². The van der Waals surface area contributed by atoms with E-state index in [2.05, 4.69) is 6.07 Å². The first kappa shape index (κ1) is 22.7. The third-order valence-corrected chi connectivity index (χ3v) is 8.45. The highest BCUT2D eigenvalue weighted by Crippen LogP contribution is 2.34. The molecule has 1 fully saturated rings. The summed E-state index contributed by atoms with van der Waals surface area (Å²) in [4.78, 5) is 25.4. The van der Waals surface area contributed by atoms with Crippen molar-refractivity contribution in [2.45, 2.75) is 37.5 Å². The van der Waals surface area contributed by atoms with Gasteiger partial charge in [-0.3, -0.25) is 14.9 Å². The van der Waals surface area contributed by atoms with Gasteiger partial charge in [-0.05, 0) is 55.9 Å². The molecule has 32 heavy (non-hydrogen) atoms. The van der Waals surface area contributed by atoms with E-state index >= 15 is 0 Å². The van der Waals surface area contributed by atoms with Crippen LogP contribution in [-0.2, 0) is 21.2 Å². The van der Waals surface area contributed by atoms with E-state index in [1.165, 1.54) is 22.0 Å². The molecule has 1 saturated heterocycles. The number of nitro groups is 1. The fourth-order valence-corrected chi connectivity index (χ4v) is 6.25. The van der Waals surface area contributed by atoms with Gasteiger partial charge in [-0.25, -0.2) is 8.42 Å². The monoisotopic (exact) mass is 477 g/mol. The van der Waals surface area contributed by atoms with Gasteiger partial charge in [-0.15, -0.1) is 0 Å². The lowest BCUT2D eigenvalue weighted by Gasteiger charge is -2.36. The van der Waals surface area contributed by atoms with Crippen molar-refractivity contribution in [1.29, 1.82) is 0 Å². The van der Waals surface area contributed by atoms with Crippen LogP contribution in [0, 0.1) is 23.0 Å². The zero-order valence-corrected chi connectivity index (χ0v) is 19.2. The normalized spacial score (nSPS) is 17.8. The molecule has 0 N–H and O–H groups in total. The largest absolute Gasteiger partial charge is 0.312 e. The number of piperidine rings is 1. The van der Waals surface area contributed by atoms with Crippen molar-refractivity contribution in [2.24, 2.45) is 5.92 Å². The van der Waals surface area contributed by atoms with Gasteiger partial charge in [0.1, 0.15) is 5.02 Å². The summed E-state index contributed by atoms with van der Waals surface area (Å²) in [5.74, 6) is -0.217. The van der Waals surface area contributed by atoms with Crippen LogP contribution >= 0.6 is 11.6 Å². The van der Waals surface area contributed by atoms with Gasteiger partial charge in [-0.2, -0.15) is 4.31 Å². The Labute approximate surface area is 192 Å². The van der Waals surface area contributed by atoms with Crippen LogP contribution in [0.25, 0.3) is 0 Å². The summed E-state index contributed by atoms with van der Waals surface area (Å²) in [6, 6.07) is 9.55. The molecule has 0 bridgehead atoms. The number of hydrogen-bond acceptors (Lipinski definition) is 5. The molecule has 0 spiro atoms. The molecule has 0 aliphatic carbocycles. The van der Waals surface area contributed by atoms with Gasteiger partial charge in [-0.1, -0.05) is 29.8 Å². The predicted octanol–water partition coefficient (Wildman–Crippen LogP) is 3.94. The van der Waals surface area contributed by atoms with Crippen LogP contribution in [-0.4, -0.2) is 43.2 Å². The van der Waals surface area contributed by atoms with Gasteiger partial charge in [0.25, 0.3) is 5.69 Å². The molecule has 0 radical (unpaired) electrons. The first-order chi connectivity index (χ1) is 15.2. The first-order valence-electron chi connectivity index (χ1n) is 10.5. The van der Waals surface area contributed by atoms with E-state index in [1.807, 2.05) is 24.0 Å². The third-order valence-electron chi connectivity index (χ3n) is 6.24. The Bertz CT molecular complexity index is 1180. The van der Waals surface area contributed by atoms with E-state index in [-0.39, 0.29) is 34.8 Å². The number of benzene rings is 2. The average Bonchev–Trinajstić information content (AvgIpc) is 2.78. The lowest BCUT2D eigenvalue weighted by Crippen LogP contribution is -2.46. The fraction of sp³-hybridized carbons (Fsp3) is 0.409. The van der Waals surface area contributed by atoms with Gasteiger partial charge in [0.05, 0.1) is 9.82 Å². The summed E-state index contributed by atoms with van der Waals surface area (Å²) in [6.07, 6.45) is 2.67. The van der Waals surface area contributed by atoms with Crippen LogP contribution in [0.15, 0.2) is 41.3 Å². The molecule has 10 heteroatoms. The van der Waals surface area contributed by atoms with Crippen LogP contribution in [0.5, 0.6) is 0 Å². The lowest BCUT2D eigenvalue weighted by molar-refractivity contribution is -0.384. The number of aryl methyl sites for hydroxylation is 2. The molecule has 0 saturated carbocycles. The van der Waals surface area contributed by atoms with E-state index in [4.69, 9.17) is 11.6 Å². The van der Waals surface area contributed by atoms with Crippen molar-refractivity contribution < 1.29 is 18.1 Å². The Morgan fingerprint density at radius 1 is 1.16 bits per heavy atom. The van der Waals surface area contributed by atoms with Crippen molar-refractivity contribution in [3.63, 3.8) is 0 Å². The zero-order chi connectivity index (χ0) is 23.0. The number of nitro benzene ring substituents is 1. The van der Waals surface area contributed by atoms with Crippen LogP contribution < -0.4 is 4.90 Å². The van der Waals surface area contributed by atoms with Crippen LogP contribution in [0.2, 0.25) is 5.02 Å². The van der Waals surface area contributed by atoms with Gasteiger partial charge in [0.2, 0.25) is 15.9 Å². The summed E-state index contributed by atoms with van der Waals surface area (Å²) < 4.78 is 27.3. The Balaban J connectivity index is 1.49. The number of carbonyl (C=O) groups excluding carboxylic acids is 1. The number of nitrogens with zero attached hydrogens (tertiary/aromatic N) is 3. The highest BCUT2D eigenvalue weighted by Gasteiger charge is 2.36. The van der Waals surface area contributed by atoms with Gasteiger partial charge < -0.3 is 4.90 Å². The quantitative estimate of drug-likeness (QED) is 0.490. The molecule has 2 aliphatic heterocycles. The Kier molecular flexibility index (Phi) is 6.24. The topological polar surface area (TPSA) is 101 Å². The van der Waals surface area contributed by atoms with Gasteiger partial charge in [0, 0.05) is 37.3 Å². The van der Waals surface area contributed by atoms with Crippen molar-refractivity contribution >= 4 is 38.9 Å². The number of halogens is 1. The lowest BCUT2D eigenvalue weighted by atomic mass is 9.93. The van der Waals surface area contributed by atoms with E-state index in [1.54, 1.807) is 0 Å². The second kappa shape index (κ2) is 8.80. The number of carbonyl (C=O) groups is 1. The standard InChI is InChI=1S/C22H24ClN3O5S/c1-15-4-2-5-16-6-3-11-25(21(15)16)22(27)17-9-12-24(13-10-17)32(30,31)18-7-8-19(23)20(14-18)26(28)29/h2,4-5,7-8,14,17H,3,6,9-13H2,1H3. The Morgan fingerprint density at radius 2 is 1.88 bits per heavy atom. The molecule has 2 aromatic carbocycles. The molecule has 2 aliphatic rings. The number of amides is 1. The highest BCUT2D eigenvalue weighted by molar-refractivity contribution is 7.89. The number of sulfonamides is 1. The first-order valence-corrected chi connectivity index (χ1v) is 12.4. The van der Waals surface area contributed by atoms with Crippen molar-refractivity contribution in [1.82, 2.24) is 4.31 Å². The second-order valence-corrected chi connectivity index (χ2v) is 10.6. The van der Waals surface area contributed by atoms with Crippen molar-refractivity contribution in [2.75, 3.05) is 24.5 Å². The minimum Gasteiger partial charge on any atom is -0.312 e. The van der Waals surface area contributed by atoms with Crippen molar-refractivity contribution in [3.8, 4) is 0 Å². The molecule has 2 aromatic rings. The third kappa shape index (κ3) is 4.12. The van der Waals surface area contributed by atoms with Crippen LogP contribution in [0.4, 0.5) is 11.4 Å². The molecule has 4 rings (SSSR count). The number of hydrogen-bond donors (Lipinski definition) is 0. The molecular formula is C22H24ClN3O5S. The summed E-state index contributed by atoms with van der Waals surface area (Å²) in [5, 5.41) is 11.0. The number of rotatable bonds is 4. The summed E-state index contributed by atoms with van der Waals surface area (Å²) in [6.45, 7) is 3.04. The second-order valence-electron chi connectivity index (χ2n) is 8.22. The fourth-order valence-electron chi connectivity index (χ4n) is 4.57. The number of para-hydroxylation sites is 1. The summed E-state index contributed by atoms with van der Waals surface area (Å²) in [7, 11) is -3.92. The molecule has 0 atom stereocenters. The molecule has 2 heterocycles. The van der Waals surface area contributed by atoms with E-state index in [0.717, 1.165) is 30.2 Å². The number of fused-ring (bicyclic) bond motifs is 1. The Morgan fingerprint density at radius 3 is 2.56 bits per heavy atom. The average molecular weight is 478 g/mol. The minimum absolute atomic E-state index is 0.0411. The maximum atomic E-state index is 13.3. The summed E-state index contributed by atoms with van der Waals surface area (Å²) >= 11 is 5.81. The Hall–Kier alpha value is -2.49. The number of anilines is 1. The maximum Gasteiger partial charge on any atom is 0.289 e. The maximum absolute atomic E-state index is 13.3. The highest BCUT2D eigenvalue weighted by atomic mass is 35.5. The van der Waals surface area contributed by atoms with E-state index in [0.29, 0.717) is 19.4 Å². The van der Waals surface area contributed by atoms with E-state index < -0.39 is 20.6 Å². The zero-order valence-electron chi connectivity index (χ0n) is 17.7. The molecular weight excluding hydrogens is 454 g/mol. The van der Waals surface area contributed by atoms with Crippen molar-refractivity contribution in [3.05, 3.63) is 62.7 Å². The molecule has 0 aromatic heterocycles. The minimum atomic E-state index is -3.92. The van der Waals surface area contributed by atoms with Crippen LogP contribution in [0.1, 0.15) is 30.4 Å². The molecule has 170 valence electrons. The predicted molar refractivity (Wildman–Crippen MR) is 121 cm³/mol. The molecule has 0 unspecified atom stereocenters. The summed E-state index contributed by atoms with van der Waals surface area (Å²) in [5.41, 5.74) is 2.79. The SMILES string of the molecule is Cc1cccc2c1N(C(=O)C1CCN(S(=O)(=O)c3ccc(Cl)c([N+](=O)[O-])c3)CC1)CCC2.